The summed E-state index contributed by atoms with van der Waals surface area (Å²) in [6, 6.07) is 9.42. The molecule has 0 saturated carbocycles. The van der Waals surface area contributed by atoms with Crippen LogP contribution in [0.5, 0.6) is 0 Å². The van der Waals surface area contributed by atoms with Crippen molar-refractivity contribution < 1.29 is 0 Å². The first-order valence-electron chi connectivity index (χ1n) is 6.64. The molecule has 2 atom stereocenters. The second-order valence-corrected chi connectivity index (χ2v) is 5.17. The summed E-state index contributed by atoms with van der Waals surface area (Å²) in [5, 5.41) is 3.69. The second-order valence-electron chi connectivity index (χ2n) is 5.17. The van der Waals surface area contributed by atoms with Crippen molar-refractivity contribution in [3.8, 4) is 0 Å². The predicted molar refractivity (Wildman–Crippen MR) is 70.9 cm³/mol. The molecule has 88 valence electrons. The van der Waals surface area contributed by atoms with E-state index >= 15 is 0 Å². The van der Waals surface area contributed by atoms with E-state index in [4.69, 9.17) is 0 Å². The molecule has 0 radical (unpaired) electrons. The summed E-state index contributed by atoms with van der Waals surface area (Å²) in [6.07, 6.45) is 6.53. The zero-order chi connectivity index (χ0) is 11.4. The van der Waals surface area contributed by atoms with Gasteiger partial charge in [-0.15, -0.1) is 0 Å². The summed E-state index contributed by atoms with van der Waals surface area (Å²) in [5.74, 6) is 0.854. The molecule has 0 fully saturated rings. The number of anilines is 1. The first kappa shape index (κ1) is 11.5. The van der Waals surface area contributed by atoms with Gasteiger partial charge in [0.15, 0.2) is 0 Å². The highest BCUT2D eigenvalue weighted by Crippen LogP contribution is 2.27. The zero-order valence-corrected chi connectivity index (χ0v) is 10.5. The molecule has 2 unspecified atom stereocenters. The lowest BCUT2D eigenvalue weighted by atomic mass is 9.90. The lowest BCUT2D eigenvalue weighted by Crippen LogP contribution is -2.27. The highest BCUT2D eigenvalue weighted by molar-refractivity contribution is 5.53. The van der Waals surface area contributed by atoms with E-state index in [2.05, 4.69) is 43.4 Å². The normalized spacial score (nSPS) is 21.0. The maximum Gasteiger partial charge on any atom is 0.0374 e. The third-order valence-electron chi connectivity index (χ3n) is 3.61. The zero-order valence-electron chi connectivity index (χ0n) is 10.5. The van der Waals surface area contributed by atoms with Crippen molar-refractivity contribution in [1.82, 2.24) is 0 Å². The number of benzene rings is 1. The minimum absolute atomic E-state index is 0.691. The van der Waals surface area contributed by atoms with E-state index in [0.29, 0.717) is 6.04 Å². The summed E-state index contributed by atoms with van der Waals surface area (Å²) in [6.45, 7) is 4.66. The maximum atomic E-state index is 3.69. The Morgan fingerprint density at radius 3 is 3.00 bits per heavy atom. The maximum absolute atomic E-state index is 3.69. The van der Waals surface area contributed by atoms with E-state index in [1.807, 2.05) is 0 Å². The molecule has 0 amide bonds. The van der Waals surface area contributed by atoms with Crippen molar-refractivity contribution in [3.63, 3.8) is 0 Å². The smallest absolute Gasteiger partial charge is 0.0374 e. The molecule has 1 aliphatic heterocycles. The quantitative estimate of drug-likeness (QED) is 0.795. The van der Waals surface area contributed by atoms with Crippen molar-refractivity contribution in [2.24, 2.45) is 5.92 Å². The molecular formula is C15H23N. The lowest BCUT2D eigenvalue weighted by molar-refractivity contribution is 0.430. The molecule has 0 spiro atoms. The van der Waals surface area contributed by atoms with Gasteiger partial charge in [-0.25, -0.2) is 0 Å². The molecule has 0 aliphatic carbocycles. The number of aryl methyl sites for hydroxylation is 1. The van der Waals surface area contributed by atoms with Gasteiger partial charge in [-0.05, 0) is 36.8 Å². The molecule has 0 aromatic heterocycles. The van der Waals surface area contributed by atoms with Crippen molar-refractivity contribution >= 4 is 5.69 Å². The first-order chi connectivity index (χ1) is 7.79. The van der Waals surface area contributed by atoms with Crippen LogP contribution in [0.3, 0.4) is 0 Å². The summed E-state index contributed by atoms with van der Waals surface area (Å²) in [4.78, 5) is 0. The van der Waals surface area contributed by atoms with Gasteiger partial charge in [0.25, 0.3) is 0 Å². The summed E-state index contributed by atoms with van der Waals surface area (Å²) in [5.41, 5.74) is 2.85. The van der Waals surface area contributed by atoms with Crippen LogP contribution in [0.2, 0.25) is 0 Å². The van der Waals surface area contributed by atoms with Crippen LogP contribution >= 0.6 is 0 Å². The average Bonchev–Trinajstić information content (AvgIpc) is 2.29. The third kappa shape index (κ3) is 2.78. The van der Waals surface area contributed by atoms with Crippen LogP contribution in [0.25, 0.3) is 0 Å². The molecule has 1 aliphatic rings. The Morgan fingerprint density at radius 2 is 2.19 bits per heavy atom. The van der Waals surface area contributed by atoms with Gasteiger partial charge < -0.3 is 5.32 Å². The van der Waals surface area contributed by atoms with Crippen LogP contribution in [-0.4, -0.2) is 6.04 Å². The number of rotatable bonds is 4. The number of hydrogen-bond donors (Lipinski definition) is 1. The van der Waals surface area contributed by atoms with E-state index in [1.54, 1.807) is 0 Å². The Hall–Kier alpha value is -0.980. The van der Waals surface area contributed by atoms with Gasteiger partial charge in [0.2, 0.25) is 0 Å². The van der Waals surface area contributed by atoms with Crippen LogP contribution in [0.15, 0.2) is 24.3 Å². The Labute approximate surface area is 99.3 Å². The van der Waals surface area contributed by atoms with Crippen LogP contribution in [0.1, 0.15) is 45.1 Å². The van der Waals surface area contributed by atoms with Crippen molar-refractivity contribution in [1.29, 1.82) is 0 Å². The van der Waals surface area contributed by atoms with E-state index in [9.17, 15) is 0 Å². The van der Waals surface area contributed by atoms with Crippen LogP contribution in [0.4, 0.5) is 5.69 Å². The number of hydrogen-bond acceptors (Lipinski definition) is 1. The lowest BCUT2D eigenvalue weighted by Gasteiger charge is -2.29. The second kappa shape index (κ2) is 5.38. The Balaban J connectivity index is 1.92. The van der Waals surface area contributed by atoms with Crippen LogP contribution in [-0.2, 0) is 6.42 Å². The van der Waals surface area contributed by atoms with E-state index in [1.165, 1.54) is 43.4 Å². The molecule has 1 nitrogen and oxygen atoms in total. The van der Waals surface area contributed by atoms with Gasteiger partial charge in [0, 0.05) is 11.7 Å². The SMILES string of the molecule is CCCC(C)CC1CCc2ccccc2N1. The molecule has 1 heteroatoms. The van der Waals surface area contributed by atoms with E-state index in [-0.39, 0.29) is 0 Å². The molecule has 0 saturated heterocycles. The van der Waals surface area contributed by atoms with E-state index in [0.717, 1.165) is 5.92 Å². The van der Waals surface area contributed by atoms with Gasteiger partial charge in [0.05, 0.1) is 0 Å². The van der Waals surface area contributed by atoms with Crippen molar-refractivity contribution in [2.45, 2.75) is 52.0 Å². The van der Waals surface area contributed by atoms with Gasteiger partial charge in [-0.3, -0.25) is 0 Å². The molecule has 1 aromatic rings. The number of fused-ring (bicyclic) bond motifs is 1. The topological polar surface area (TPSA) is 12.0 Å². The molecule has 1 N–H and O–H groups in total. The Morgan fingerprint density at radius 1 is 1.38 bits per heavy atom. The molecule has 16 heavy (non-hydrogen) atoms. The molecule has 1 heterocycles. The minimum atomic E-state index is 0.691. The summed E-state index contributed by atoms with van der Waals surface area (Å²) >= 11 is 0. The van der Waals surface area contributed by atoms with Crippen LogP contribution in [0, 0.1) is 5.92 Å². The highest BCUT2D eigenvalue weighted by Gasteiger charge is 2.18. The molecular weight excluding hydrogens is 194 g/mol. The summed E-state index contributed by atoms with van der Waals surface area (Å²) in [7, 11) is 0. The molecule has 2 rings (SSSR count). The van der Waals surface area contributed by atoms with Crippen molar-refractivity contribution in [2.75, 3.05) is 5.32 Å². The monoisotopic (exact) mass is 217 g/mol. The molecule has 0 bridgehead atoms. The summed E-state index contributed by atoms with van der Waals surface area (Å²) < 4.78 is 0. The van der Waals surface area contributed by atoms with E-state index < -0.39 is 0 Å². The van der Waals surface area contributed by atoms with Crippen LogP contribution < -0.4 is 5.32 Å². The fourth-order valence-electron chi connectivity index (χ4n) is 2.77. The first-order valence-corrected chi connectivity index (χ1v) is 6.64. The Bertz CT molecular complexity index is 332. The van der Waals surface area contributed by atoms with Gasteiger partial charge >= 0.3 is 0 Å². The number of nitrogens with one attached hydrogen (secondary N) is 1. The fourth-order valence-corrected chi connectivity index (χ4v) is 2.77. The number of para-hydroxylation sites is 1. The van der Waals surface area contributed by atoms with Gasteiger partial charge in [-0.2, -0.15) is 0 Å². The average molecular weight is 217 g/mol. The van der Waals surface area contributed by atoms with Gasteiger partial charge in [-0.1, -0.05) is 44.9 Å². The third-order valence-corrected chi connectivity index (χ3v) is 3.61. The molecule has 1 aromatic carbocycles. The van der Waals surface area contributed by atoms with Gasteiger partial charge in [0.1, 0.15) is 0 Å². The fraction of sp³-hybridized carbons (Fsp3) is 0.600. The standard InChI is InChI=1S/C15H23N/c1-3-6-12(2)11-14-10-9-13-7-4-5-8-15(13)16-14/h4-5,7-8,12,14,16H,3,6,9-11H2,1-2H3. The minimum Gasteiger partial charge on any atom is -0.382 e. The Kier molecular flexibility index (Phi) is 3.87. The highest BCUT2D eigenvalue weighted by atomic mass is 14.9. The predicted octanol–water partition coefficient (Wildman–Crippen LogP) is 4.24. The largest absolute Gasteiger partial charge is 0.382 e. The van der Waals surface area contributed by atoms with Crippen molar-refractivity contribution in [3.05, 3.63) is 29.8 Å².